The lowest BCUT2D eigenvalue weighted by atomic mass is 10.1. The van der Waals surface area contributed by atoms with Crippen LogP contribution in [0.3, 0.4) is 0 Å². The molecule has 2 unspecified atom stereocenters. The van der Waals surface area contributed by atoms with Gasteiger partial charge in [0.1, 0.15) is 6.10 Å². The first-order chi connectivity index (χ1) is 17.8. The van der Waals surface area contributed by atoms with Crippen molar-refractivity contribution >= 4 is 52.1 Å². The molecule has 37 heavy (non-hydrogen) atoms. The number of aliphatic hydroxyl groups excluding tert-OH is 1. The number of carbonyl (C=O) groups is 3. The number of ether oxygens (including phenoxy) is 2. The van der Waals surface area contributed by atoms with Crippen molar-refractivity contribution in [3.05, 3.63) is 48.2 Å². The van der Waals surface area contributed by atoms with Crippen molar-refractivity contribution in [1.82, 2.24) is 14.9 Å². The fourth-order valence-corrected chi connectivity index (χ4v) is 5.09. The molecule has 192 valence electrons. The van der Waals surface area contributed by atoms with Gasteiger partial charge in [-0.25, -0.2) is 9.78 Å². The monoisotopic (exact) mass is 523 g/mol. The fraction of sp³-hybridized carbons (Fsp3) is 0.320. The zero-order chi connectivity index (χ0) is 26.1. The van der Waals surface area contributed by atoms with Crippen LogP contribution in [-0.4, -0.2) is 77.0 Å². The van der Waals surface area contributed by atoms with Crippen molar-refractivity contribution in [1.29, 1.82) is 0 Å². The molecule has 1 fully saturated rings. The molecule has 1 aromatic carbocycles. The van der Waals surface area contributed by atoms with E-state index in [2.05, 4.69) is 15.3 Å². The number of nitrogens with one attached hydrogen (secondary N) is 1. The minimum absolute atomic E-state index is 0.0173. The van der Waals surface area contributed by atoms with Gasteiger partial charge >= 0.3 is 6.09 Å². The van der Waals surface area contributed by atoms with E-state index in [-0.39, 0.29) is 31.3 Å². The molecule has 0 bridgehead atoms. The summed E-state index contributed by atoms with van der Waals surface area (Å²) in [5.74, 6) is 0.372. The number of rotatable bonds is 7. The van der Waals surface area contributed by atoms with Gasteiger partial charge in [0.15, 0.2) is 0 Å². The van der Waals surface area contributed by atoms with E-state index in [0.29, 0.717) is 39.6 Å². The second-order valence-electron chi connectivity index (χ2n) is 8.75. The molecule has 4 heterocycles. The van der Waals surface area contributed by atoms with Crippen LogP contribution in [-0.2, 0) is 14.3 Å². The number of carbonyl (C=O) groups excluding carboxylic acids is 3. The van der Waals surface area contributed by atoms with Crippen LogP contribution in [0.5, 0.6) is 5.88 Å². The molecule has 0 aliphatic carbocycles. The topological polar surface area (TPSA) is 134 Å². The molecule has 2 aromatic heterocycles. The summed E-state index contributed by atoms with van der Waals surface area (Å²) >= 11 is 1.44. The van der Waals surface area contributed by atoms with E-state index in [1.54, 1.807) is 43.6 Å². The maximum atomic E-state index is 12.9. The predicted molar refractivity (Wildman–Crippen MR) is 137 cm³/mol. The number of amides is 3. The van der Waals surface area contributed by atoms with Gasteiger partial charge in [-0.2, -0.15) is 0 Å². The summed E-state index contributed by atoms with van der Waals surface area (Å²) in [4.78, 5) is 49.6. The average molecular weight is 524 g/mol. The Morgan fingerprint density at radius 2 is 2.16 bits per heavy atom. The summed E-state index contributed by atoms with van der Waals surface area (Å²) < 4.78 is 10.6. The highest BCUT2D eigenvalue weighted by Crippen LogP contribution is 2.35. The first kappa shape index (κ1) is 24.8. The molecular formula is C25H25N5O6S. The molecule has 0 saturated carbocycles. The molecular weight excluding hydrogens is 498 g/mol. The molecule has 0 radical (unpaired) electrons. The number of aromatic nitrogens is 2. The highest BCUT2D eigenvalue weighted by molar-refractivity contribution is 8.00. The summed E-state index contributed by atoms with van der Waals surface area (Å²) in [6.07, 6.45) is -0.670. The molecule has 2 aliphatic heterocycles. The second kappa shape index (κ2) is 10.2. The number of thioether (sulfide) groups is 1. The van der Waals surface area contributed by atoms with Gasteiger partial charge < -0.3 is 24.8 Å². The third kappa shape index (κ3) is 5.16. The minimum atomic E-state index is -1.01. The van der Waals surface area contributed by atoms with Gasteiger partial charge in [-0.3, -0.25) is 19.5 Å². The van der Waals surface area contributed by atoms with Crippen LogP contribution in [0.2, 0.25) is 0 Å². The zero-order valence-corrected chi connectivity index (χ0v) is 21.0. The molecule has 3 amide bonds. The number of aliphatic hydroxyl groups is 1. The lowest BCUT2D eigenvalue weighted by Gasteiger charge is -2.23. The SMILES string of the molecule is COc1ccc2nccc(C(O)CN(C)C(=O)CC3CN(c4ccc5c(c4)NC(=O)CS5)C(=O)O3)c2n1. The number of pyridine rings is 2. The van der Waals surface area contributed by atoms with Crippen molar-refractivity contribution in [3.8, 4) is 5.88 Å². The number of cyclic esters (lactones) is 1. The van der Waals surface area contributed by atoms with Crippen LogP contribution in [0.1, 0.15) is 18.1 Å². The van der Waals surface area contributed by atoms with E-state index in [9.17, 15) is 19.5 Å². The van der Waals surface area contributed by atoms with Gasteiger partial charge in [0.2, 0.25) is 17.7 Å². The highest BCUT2D eigenvalue weighted by Gasteiger charge is 2.35. The Bertz CT molecular complexity index is 1380. The summed E-state index contributed by atoms with van der Waals surface area (Å²) in [5, 5.41) is 13.7. The Hall–Kier alpha value is -3.90. The van der Waals surface area contributed by atoms with Gasteiger partial charge in [0.25, 0.3) is 0 Å². The molecule has 2 N–H and O–H groups in total. The standard InChI is InChI=1S/C25H25N5O6S/c1-29(12-19(31)16-7-8-26-17-4-6-22(35-2)28-24(16)17)23(33)10-15-11-30(25(34)36-15)14-3-5-20-18(9-14)27-21(32)13-37-20/h3-9,15,19,31H,10-13H2,1-2H3,(H,27,32). The summed E-state index contributed by atoms with van der Waals surface area (Å²) in [5.41, 5.74) is 2.85. The van der Waals surface area contributed by atoms with Crippen molar-refractivity contribution in [2.75, 3.05) is 43.2 Å². The number of hydrogen-bond acceptors (Lipinski definition) is 9. The van der Waals surface area contributed by atoms with Crippen molar-refractivity contribution < 1.29 is 29.0 Å². The minimum Gasteiger partial charge on any atom is -0.481 e. The van der Waals surface area contributed by atoms with Gasteiger partial charge in [-0.15, -0.1) is 11.8 Å². The first-order valence-electron chi connectivity index (χ1n) is 11.6. The Morgan fingerprint density at radius 1 is 1.32 bits per heavy atom. The zero-order valence-electron chi connectivity index (χ0n) is 20.2. The lowest BCUT2D eigenvalue weighted by molar-refractivity contribution is -0.132. The van der Waals surface area contributed by atoms with E-state index >= 15 is 0 Å². The summed E-state index contributed by atoms with van der Waals surface area (Å²) in [6.45, 7) is 0.211. The number of methoxy groups -OCH3 is 1. The van der Waals surface area contributed by atoms with E-state index < -0.39 is 18.3 Å². The first-order valence-corrected chi connectivity index (χ1v) is 12.6. The van der Waals surface area contributed by atoms with Crippen LogP contribution < -0.4 is 15.0 Å². The fourth-order valence-electron chi connectivity index (χ4n) is 4.30. The van der Waals surface area contributed by atoms with E-state index in [4.69, 9.17) is 9.47 Å². The number of benzene rings is 1. The van der Waals surface area contributed by atoms with Crippen LogP contribution in [0.15, 0.2) is 47.5 Å². The third-order valence-electron chi connectivity index (χ3n) is 6.21. The maximum absolute atomic E-state index is 12.9. The van der Waals surface area contributed by atoms with E-state index in [0.717, 1.165) is 4.90 Å². The summed E-state index contributed by atoms with van der Waals surface area (Å²) in [6, 6.07) is 10.5. The van der Waals surface area contributed by atoms with Crippen LogP contribution in [0.25, 0.3) is 11.0 Å². The van der Waals surface area contributed by atoms with Crippen LogP contribution in [0.4, 0.5) is 16.2 Å². The van der Waals surface area contributed by atoms with Crippen LogP contribution in [0, 0.1) is 0 Å². The van der Waals surface area contributed by atoms with E-state index in [1.165, 1.54) is 28.7 Å². The molecule has 11 nitrogen and oxygen atoms in total. The smallest absolute Gasteiger partial charge is 0.414 e. The summed E-state index contributed by atoms with van der Waals surface area (Å²) in [7, 11) is 3.09. The molecule has 3 aromatic rings. The Balaban J connectivity index is 1.22. The molecule has 1 saturated heterocycles. The quantitative estimate of drug-likeness (QED) is 0.479. The van der Waals surface area contributed by atoms with Crippen molar-refractivity contribution in [3.63, 3.8) is 0 Å². The molecule has 5 rings (SSSR count). The van der Waals surface area contributed by atoms with Crippen molar-refractivity contribution in [2.24, 2.45) is 0 Å². The Labute approximate surface area is 216 Å². The number of fused-ring (bicyclic) bond motifs is 2. The van der Waals surface area contributed by atoms with Gasteiger partial charge in [0.05, 0.1) is 55.2 Å². The molecule has 0 spiro atoms. The van der Waals surface area contributed by atoms with Crippen LogP contribution >= 0.6 is 11.8 Å². The van der Waals surface area contributed by atoms with Crippen molar-refractivity contribution in [2.45, 2.75) is 23.5 Å². The molecule has 12 heteroatoms. The largest absolute Gasteiger partial charge is 0.481 e. The Kier molecular flexibility index (Phi) is 6.85. The normalized spacial score (nSPS) is 17.7. The highest BCUT2D eigenvalue weighted by atomic mass is 32.2. The second-order valence-corrected chi connectivity index (χ2v) is 9.77. The maximum Gasteiger partial charge on any atom is 0.414 e. The van der Waals surface area contributed by atoms with Gasteiger partial charge in [-0.1, -0.05) is 0 Å². The third-order valence-corrected chi connectivity index (χ3v) is 7.29. The number of nitrogens with zero attached hydrogens (tertiary/aromatic N) is 4. The lowest BCUT2D eigenvalue weighted by Crippen LogP contribution is -2.34. The predicted octanol–water partition coefficient (Wildman–Crippen LogP) is 2.59. The van der Waals surface area contributed by atoms with Gasteiger partial charge in [0, 0.05) is 35.5 Å². The number of likely N-dealkylation sites (N-methyl/N-ethyl adjacent to an activating group) is 1. The molecule has 2 aliphatic rings. The Morgan fingerprint density at radius 3 is 2.97 bits per heavy atom. The number of anilines is 2. The average Bonchev–Trinajstić information content (AvgIpc) is 3.26. The van der Waals surface area contributed by atoms with E-state index in [1.807, 2.05) is 6.07 Å². The number of hydrogen-bond donors (Lipinski definition) is 2. The van der Waals surface area contributed by atoms with Gasteiger partial charge in [-0.05, 0) is 30.3 Å². The molecule has 2 atom stereocenters.